The van der Waals surface area contributed by atoms with Gasteiger partial charge in [-0.25, -0.2) is 8.78 Å². The highest BCUT2D eigenvalue weighted by molar-refractivity contribution is 5.97. The van der Waals surface area contributed by atoms with Crippen LogP contribution < -0.4 is 16.2 Å². The van der Waals surface area contributed by atoms with E-state index in [4.69, 9.17) is 0 Å². The molecule has 0 spiro atoms. The van der Waals surface area contributed by atoms with Crippen LogP contribution in [-0.2, 0) is 16.1 Å². The second-order valence-electron chi connectivity index (χ2n) is 13.1. The second-order valence-corrected chi connectivity index (χ2v) is 13.1. The van der Waals surface area contributed by atoms with E-state index < -0.39 is 53.8 Å². The molecule has 0 bridgehead atoms. The number of aromatic nitrogens is 1. The summed E-state index contributed by atoms with van der Waals surface area (Å²) in [5.74, 6) is -3.39. The van der Waals surface area contributed by atoms with Gasteiger partial charge in [0.05, 0.1) is 12.5 Å². The normalized spacial score (nSPS) is 14.8. The van der Waals surface area contributed by atoms with E-state index in [1.807, 2.05) is 51.7 Å². The summed E-state index contributed by atoms with van der Waals surface area (Å²) in [4.78, 5) is 54.1. The zero-order chi connectivity index (χ0) is 34.6. The van der Waals surface area contributed by atoms with E-state index in [-0.39, 0.29) is 30.0 Å². The van der Waals surface area contributed by atoms with Gasteiger partial charge >= 0.3 is 5.97 Å². The van der Waals surface area contributed by atoms with Gasteiger partial charge in [0.2, 0.25) is 5.91 Å². The highest BCUT2D eigenvalue weighted by Gasteiger charge is 2.30. The van der Waals surface area contributed by atoms with Crippen molar-refractivity contribution in [2.24, 2.45) is 5.92 Å². The number of benzene rings is 2. The molecular formula is C36H44F2N4O5. The van der Waals surface area contributed by atoms with Crippen LogP contribution in [0.15, 0.2) is 47.4 Å². The van der Waals surface area contributed by atoms with Crippen molar-refractivity contribution >= 4 is 17.8 Å². The zero-order valence-electron chi connectivity index (χ0n) is 27.8. The van der Waals surface area contributed by atoms with E-state index in [0.29, 0.717) is 30.8 Å². The average molecular weight is 651 g/mol. The van der Waals surface area contributed by atoms with Gasteiger partial charge in [-0.05, 0) is 92.1 Å². The van der Waals surface area contributed by atoms with E-state index in [2.05, 4.69) is 10.6 Å². The molecule has 1 aliphatic heterocycles. The van der Waals surface area contributed by atoms with Crippen LogP contribution in [0.3, 0.4) is 0 Å². The van der Waals surface area contributed by atoms with Crippen molar-refractivity contribution < 1.29 is 28.3 Å². The number of carbonyl (C=O) groups is 3. The number of carbonyl (C=O) groups excluding carboxylic acids is 2. The monoisotopic (exact) mass is 650 g/mol. The Hall–Kier alpha value is -4.38. The van der Waals surface area contributed by atoms with Gasteiger partial charge in [0.15, 0.2) is 0 Å². The predicted molar refractivity (Wildman–Crippen MR) is 177 cm³/mol. The van der Waals surface area contributed by atoms with E-state index in [0.717, 1.165) is 22.3 Å². The summed E-state index contributed by atoms with van der Waals surface area (Å²) in [7, 11) is 0. The van der Waals surface area contributed by atoms with Gasteiger partial charge in [-0.3, -0.25) is 24.1 Å². The number of rotatable bonds is 13. The van der Waals surface area contributed by atoms with Crippen molar-refractivity contribution in [1.82, 2.24) is 20.1 Å². The minimum absolute atomic E-state index is 0.0250. The molecule has 252 valence electrons. The van der Waals surface area contributed by atoms with Crippen molar-refractivity contribution in [2.45, 2.75) is 79.2 Å². The summed E-state index contributed by atoms with van der Waals surface area (Å²) in [5, 5.41) is 15.1. The number of alkyl halides is 1. The Labute approximate surface area is 274 Å². The Balaban J connectivity index is 1.61. The van der Waals surface area contributed by atoms with Gasteiger partial charge in [-0.1, -0.05) is 31.5 Å². The highest BCUT2D eigenvalue weighted by atomic mass is 19.1. The Kier molecular flexibility index (Phi) is 11.3. The molecule has 1 fully saturated rings. The van der Waals surface area contributed by atoms with E-state index in [9.17, 15) is 28.7 Å². The summed E-state index contributed by atoms with van der Waals surface area (Å²) in [6.07, 6.45) is 0.268. The van der Waals surface area contributed by atoms with Crippen LogP contribution in [-0.4, -0.2) is 64.2 Å². The van der Waals surface area contributed by atoms with Gasteiger partial charge < -0.3 is 20.3 Å². The molecular weight excluding hydrogens is 606 g/mol. The molecule has 3 N–H and O–H groups in total. The van der Waals surface area contributed by atoms with E-state index in [1.54, 1.807) is 31.3 Å². The first kappa shape index (κ1) is 35.5. The topological polar surface area (TPSA) is 121 Å². The van der Waals surface area contributed by atoms with Crippen molar-refractivity contribution in [2.75, 3.05) is 19.6 Å². The van der Waals surface area contributed by atoms with Gasteiger partial charge in [0.25, 0.3) is 11.5 Å². The summed E-state index contributed by atoms with van der Waals surface area (Å²) in [6.45, 7) is 12.5. The molecule has 11 heteroatoms. The highest BCUT2D eigenvalue weighted by Crippen LogP contribution is 2.34. The summed E-state index contributed by atoms with van der Waals surface area (Å²) >= 11 is 0. The number of pyridine rings is 1. The number of carboxylic acid groups (broad SMARTS) is 1. The van der Waals surface area contributed by atoms with Gasteiger partial charge in [0.1, 0.15) is 23.6 Å². The Morgan fingerprint density at radius 2 is 1.64 bits per heavy atom. The fourth-order valence-electron chi connectivity index (χ4n) is 6.28. The number of nitrogens with one attached hydrogen (secondary N) is 2. The summed E-state index contributed by atoms with van der Waals surface area (Å²) < 4.78 is 30.3. The van der Waals surface area contributed by atoms with Crippen LogP contribution in [0.1, 0.15) is 70.9 Å². The molecule has 2 amide bonds. The number of aliphatic carboxylic acids is 1. The molecule has 2 atom stereocenters. The largest absolute Gasteiger partial charge is 0.481 e. The van der Waals surface area contributed by atoms with Crippen LogP contribution in [0.2, 0.25) is 0 Å². The van der Waals surface area contributed by atoms with Crippen molar-refractivity contribution in [3.8, 4) is 11.1 Å². The maximum atomic E-state index is 15.7. The third kappa shape index (κ3) is 8.71. The second kappa shape index (κ2) is 15.0. The third-order valence-corrected chi connectivity index (χ3v) is 8.48. The quantitative estimate of drug-likeness (QED) is 0.239. The first-order valence-corrected chi connectivity index (χ1v) is 15.9. The van der Waals surface area contributed by atoms with Crippen LogP contribution >= 0.6 is 0 Å². The number of amides is 2. The fraction of sp³-hybridized carbons (Fsp3) is 0.444. The summed E-state index contributed by atoms with van der Waals surface area (Å²) in [5.41, 5.74) is 4.24. The minimum atomic E-state index is -1.24. The average Bonchev–Trinajstić information content (AvgIpc) is 2.95. The van der Waals surface area contributed by atoms with Crippen molar-refractivity contribution in [1.29, 1.82) is 0 Å². The van der Waals surface area contributed by atoms with Crippen LogP contribution in [0.25, 0.3) is 11.1 Å². The van der Waals surface area contributed by atoms with Crippen LogP contribution in [0.5, 0.6) is 0 Å². The first-order chi connectivity index (χ1) is 22.1. The maximum Gasteiger partial charge on any atom is 0.305 e. The molecule has 0 radical (unpaired) electrons. The van der Waals surface area contributed by atoms with Crippen molar-refractivity contribution in [3.63, 3.8) is 0 Å². The molecule has 1 aromatic heterocycles. The lowest BCUT2D eigenvalue weighted by Crippen LogP contribution is -2.50. The van der Waals surface area contributed by atoms with Gasteiger partial charge in [0, 0.05) is 37.9 Å². The predicted octanol–water partition coefficient (Wildman–Crippen LogP) is 5.02. The Bertz CT molecular complexity index is 1690. The maximum absolute atomic E-state index is 15.7. The smallest absolute Gasteiger partial charge is 0.305 e. The first-order valence-electron chi connectivity index (χ1n) is 15.9. The SMILES string of the molecule is Cc1cc(C)c(-c2cc(C)c(F)c([C@H](CC(=O)O)NC(=O)[C@H](CC(C)C)NC(=O)c3cccn(CCN4CC(F)C4)c3=O)c2)c(C)c1. The van der Waals surface area contributed by atoms with E-state index >= 15 is 4.39 Å². The van der Waals surface area contributed by atoms with Crippen molar-refractivity contribution in [3.05, 3.63) is 92.1 Å². The molecule has 2 aromatic carbocycles. The Morgan fingerprint density at radius 3 is 2.23 bits per heavy atom. The molecule has 0 saturated carbocycles. The number of likely N-dealkylation sites (tertiary alicyclic amines) is 1. The lowest BCUT2D eigenvalue weighted by atomic mass is 9.89. The molecule has 9 nitrogen and oxygen atoms in total. The molecule has 1 saturated heterocycles. The lowest BCUT2D eigenvalue weighted by molar-refractivity contribution is -0.137. The standard InChI is InChI=1S/C36H44F2N4O5/c1-20(2)12-30(40-34(45)27-8-7-9-42(36(27)47)11-10-41-18-26(37)19-41)35(46)39-29(17-31(43)44)28-16-25(15-24(6)33(28)38)32-22(4)13-21(3)14-23(32)5/h7-9,13-16,20,26,29-30H,10-12,17-19H2,1-6H3,(H,39,46)(H,40,45)(H,43,44)/t29-,30-/m0/s1. The third-order valence-electron chi connectivity index (χ3n) is 8.48. The lowest BCUT2D eigenvalue weighted by Gasteiger charge is -2.34. The zero-order valence-corrected chi connectivity index (χ0v) is 27.8. The van der Waals surface area contributed by atoms with Gasteiger partial charge in [-0.2, -0.15) is 0 Å². The molecule has 0 unspecified atom stereocenters. The number of aryl methyl sites for hydroxylation is 4. The minimum Gasteiger partial charge on any atom is -0.481 e. The molecule has 1 aliphatic rings. The number of hydrogen-bond acceptors (Lipinski definition) is 5. The molecule has 3 aromatic rings. The number of nitrogens with zero attached hydrogens (tertiary/aromatic N) is 2. The Morgan fingerprint density at radius 1 is 0.979 bits per heavy atom. The number of carboxylic acids is 1. The fourth-order valence-corrected chi connectivity index (χ4v) is 6.28. The van der Waals surface area contributed by atoms with E-state index in [1.165, 1.54) is 10.6 Å². The summed E-state index contributed by atoms with van der Waals surface area (Å²) in [6, 6.07) is 7.87. The van der Waals surface area contributed by atoms with Crippen LogP contribution in [0, 0.1) is 39.4 Å². The van der Waals surface area contributed by atoms with Crippen LogP contribution in [0.4, 0.5) is 8.78 Å². The molecule has 2 heterocycles. The number of hydrogen-bond donors (Lipinski definition) is 3. The molecule has 47 heavy (non-hydrogen) atoms. The molecule has 0 aliphatic carbocycles. The van der Waals surface area contributed by atoms with Gasteiger partial charge in [-0.15, -0.1) is 0 Å². The number of halogens is 2. The molecule has 4 rings (SSSR count).